The molecular formula is C26H28N2O2S3. The van der Waals surface area contributed by atoms with Crippen LogP contribution in [0.25, 0.3) is 20.4 Å². The molecule has 0 aliphatic rings. The quantitative estimate of drug-likeness (QED) is 0.234. The standard InChI is InChI=1S/C26H28N2O2S3/c1-16(20(29)15-31-25-28-18-7-5-6-8-21(18)33-25)13-17-9-10-22-19(14-17)27-24(32-22)12-11-23(30)26(2,3)4/h5-10,14,16H,11-13,15H2,1-4H3. The monoisotopic (exact) mass is 496 g/mol. The number of Topliss-reactive ketones (excluding diaryl/α,β-unsaturated/α-hetero) is 2. The lowest BCUT2D eigenvalue weighted by Gasteiger charge is -2.15. The fourth-order valence-corrected chi connectivity index (χ4v) is 6.54. The molecule has 2 aromatic carbocycles. The number of ketones is 2. The molecule has 0 amide bonds. The molecule has 0 bridgehead atoms. The van der Waals surface area contributed by atoms with Gasteiger partial charge < -0.3 is 0 Å². The summed E-state index contributed by atoms with van der Waals surface area (Å²) >= 11 is 4.82. The first-order chi connectivity index (χ1) is 15.7. The highest BCUT2D eigenvalue weighted by Gasteiger charge is 2.21. The molecule has 7 heteroatoms. The Labute approximate surface area is 206 Å². The van der Waals surface area contributed by atoms with E-state index >= 15 is 0 Å². The summed E-state index contributed by atoms with van der Waals surface area (Å²) in [6.45, 7) is 7.87. The number of thioether (sulfide) groups is 1. The number of carbonyl (C=O) groups is 2. The van der Waals surface area contributed by atoms with Gasteiger partial charge in [-0.3, -0.25) is 9.59 Å². The summed E-state index contributed by atoms with van der Waals surface area (Å²) < 4.78 is 3.22. The van der Waals surface area contributed by atoms with Gasteiger partial charge in [-0.2, -0.15) is 0 Å². The Morgan fingerprint density at radius 2 is 1.76 bits per heavy atom. The van der Waals surface area contributed by atoms with Crippen molar-refractivity contribution < 1.29 is 9.59 Å². The summed E-state index contributed by atoms with van der Waals surface area (Å²) in [4.78, 5) is 34.3. The van der Waals surface area contributed by atoms with Gasteiger partial charge in [0.25, 0.3) is 0 Å². The van der Waals surface area contributed by atoms with Crippen molar-refractivity contribution in [3.8, 4) is 0 Å². The summed E-state index contributed by atoms with van der Waals surface area (Å²) in [7, 11) is 0. The van der Waals surface area contributed by atoms with Crippen molar-refractivity contribution in [1.29, 1.82) is 0 Å². The SMILES string of the molecule is CC(Cc1ccc2sc(CCC(=O)C(C)(C)C)nc2c1)C(=O)CSc1nc2ccccc2s1. The number of hydrogen-bond donors (Lipinski definition) is 0. The maximum atomic E-state index is 12.7. The second-order valence-electron chi connectivity index (χ2n) is 9.39. The number of para-hydroxylation sites is 1. The molecule has 2 aromatic heterocycles. The molecule has 4 nitrogen and oxygen atoms in total. The minimum atomic E-state index is -0.308. The van der Waals surface area contributed by atoms with Gasteiger partial charge in [0, 0.05) is 24.2 Å². The van der Waals surface area contributed by atoms with Crippen LogP contribution < -0.4 is 0 Å². The predicted octanol–water partition coefficient (Wildman–Crippen LogP) is 6.99. The van der Waals surface area contributed by atoms with Gasteiger partial charge in [-0.25, -0.2) is 9.97 Å². The average Bonchev–Trinajstić information content (AvgIpc) is 3.37. The molecule has 0 fully saturated rings. The normalized spacial score (nSPS) is 13.0. The van der Waals surface area contributed by atoms with Gasteiger partial charge in [-0.15, -0.1) is 22.7 Å². The van der Waals surface area contributed by atoms with Crippen LogP contribution in [0.15, 0.2) is 46.8 Å². The Morgan fingerprint density at radius 3 is 2.52 bits per heavy atom. The molecule has 172 valence electrons. The van der Waals surface area contributed by atoms with Gasteiger partial charge in [0.2, 0.25) is 0 Å². The molecule has 0 saturated heterocycles. The van der Waals surface area contributed by atoms with Crippen molar-refractivity contribution in [1.82, 2.24) is 9.97 Å². The Kier molecular flexibility index (Phi) is 7.31. The van der Waals surface area contributed by atoms with E-state index in [2.05, 4.69) is 29.2 Å². The van der Waals surface area contributed by atoms with Crippen LogP contribution in [0.4, 0.5) is 0 Å². The highest BCUT2D eigenvalue weighted by atomic mass is 32.2. The average molecular weight is 497 g/mol. The van der Waals surface area contributed by atoms with E-state index in [1.165, 1.54) is 11.8 Å². The van der Waals surface area contributed by atoms with Crippen molar-refractivity contribution >= 4 is 66.4 Å². The highest BCUT2D eigenvalue weighted by molar-refractivity contribution is 8.01. The van der Waals surface area contributed by atoms with Gasteiger partial charge in [0.15, 0.2) is 4.34 Å². The van der Waals surface area contributed by atoms with E-state index in [0.717, 1.165) is 35.3 Å². The molecule has 0 N–H and O–H groups in total. The van der Waals surface area contributed by atoms with Crippen LogP contribution in [-0.4, -0.2) is 27.3 Å². The molecule has 1 unspecified atom stereocenters. The molecule has 0 spiro atoms. The first-order valence-corrected chi connectivity index (χ1v) is 13.7. The lowest BCUT2D eigenvalue weighted by atomic mass is 9.88. The number of aryl methyl sites for hydroxylation is 1. The number of carbonyl (C=O) groups excluding carboxylic acids is 2. The molecule has 0 aliphatic heterocycles. The lowest BCUT2D eigenvalue weighted by molar-refractivity contribution is -0.126. The van der Waals surface area contributed by atoms with E-state index in [0.29, 0.717) is 25.0 Å². The molecular weight excluding hydrogens is 468 g/mol. The third-order valence-electron chi connectivity index (χ3n) is 5.60. The topological polar surface area (TPSA) is 59.9 Å². The molecule has 2 heterocycles. The van der Waals surface area contributed by atoms with Crippen LogP contribution in [-0.2, 0) is 22.4 Å². The summed E-state index contributed by atoms with van der Waals surface area (Å²) in [6.07, 6.45) is 1.90. The smallest absolute Gasteiger partial charge is 0.151 e. The van der Waals surface area contributed by atoms with E-state index in [9.17, 15) is 9.59 Å². The summed E-state index contributed by atoms with van der Waals surface area (Å²) in [5.74, 6) is 0.871. The summed E-state index contributed by atoms with van der Waals surface area (Å²) in [5, 5.41) is 0.996. The molecule has 4 aromatic rings. The number of thiazole rings is 2. The highest BCUT2D eigenvalue weighted by Crippen LogP contribution is 2.30. The second kappa shape index (κ2) is 10.0. The summed E-state index contributed by atoms with van der Waals surface area (Å²) in [5.41, 5.74) is 2.76. The van der Waals surface area contributed by atoms with E-state index in [4.69, 9.17) is 4.98 Å². The van der Waals surface area contributed by atoms with E-state index < -0.39 is 0 Å². The van der Waals surface area contributed by atoms with Gasteiger partial charge in [0.05, 0.1) is 31.2 Å². The predicted molar refractivity (Wildman–Crippen MR) is 141 cm³/mol. The second-order valence-corrected chi connectivity index (χ2v) is 12.8. The first-order valence-electron chi connectivity index (χ1n) is 11.1. The number of nitrogens with zero attached hydrogens (tertiary/aromatic N) is 2. The van der Waals surface area contributed by atoms with Crippen molar-refractivity contribution in [2.75, 3.05) is 5.75 Å². The number of fused-ring (bicyclic) bond motifs is 2. The maximum absolute atomic E-state index is 12.7. The van der Waals surface area contributed by atoms with Crippen LogP contribution in [0.2, 0.25) is 0 Å². The van der Waals surface area contributed by atoms with Crippen LogP contribution in [0, 0.1) is 11.3 Å². The number of benzene rings is 2. The molecule has 33 heavy (non-hydrogen) atoms. The maximum Gasteiger partial charge on any atom is 0.151 e. The van der Waals surface area contributed by atoms with Gasteiger partial charge in [-0.1, -0.05) is 57.7 Å². The number of aromatic nitrogens is 2. The number of hydrogen-bond acceptors (Lipinski definition) is 7. The van der Waals surface area contributed by atoms with Crippen molar-refractivity contribution in [2.24, 2.45) is 11.3 Å². The van der Waals surface area contributed by atoms with Gasteiger partial charge in [0.1, 0.15) is 11.6 Å². The zero-order chi connectivity index (χ0) is 23.6. The zero-order valence-corrected chi connectivity index (χ0v) is 21.8. The van der Waals surface area contributed by atoms with Crippen molar-refractivity contribution in [3.63, 3.8) is 0 Å². The van der Waals surface area contributed by atoms with Gasteiger partial charge in [-0.05, 0) is 36.2 Å². The van der Waals surface area contributed by atoms with E-state index in [1.807, 2.05) is 45.9 Å². The van der Waals surface area contributed by atoms with Crippen LogP contribution >= 0.6 is 34.4 Å². The lowest BCUT2D eigenvalue weighted by Crippen LogP contribution is -2.20. The first kappa shape index (κ1) is 24.0. The summed E-state index contributed by atoms with van der Waals surface area (Å²) in [6, 6.07) is 14.3. The van der Waals surface area contributed by atoms with Crippen molar-refractivity contribution in [2.45, 2.75) is 51.3 Å². The van der Waals surface area contributed by atoms with Crippen LogP contribution in [0.1, 0.15) is 44.7 Å². The molecule has 4 rings (SSSR count). The molecule has 0 saturated carbocycles. The Morgan fingerprint density at radius 1 is 1.00 bits per heavy atom. The fraction of sp³-hybridized carbons (Fsp3) is 0.385. The van der Waals surface area contributed by atoms with E-state index in [-0.39, 0.29) is 22.9 Å². The number of rotatable bonds is 9. The Bertz CT molecular complexity index is 1270. The largest absolute Gasteiger partial charge is 0.299 e. The van der Waals surface area contributed by atoms with Crippen LogP contribution in [0.5, 0.6) is 0 Å². The van der Waals surface area contributed by atoms with E-state index in [1.54, 1.807) is 22.7 Å². The fourth-order valence-electron chi connectivity index (χ4n) is 3.51. The minimum Gasteiger partial charge on any atom is -0.299 e. The third kappa shape index (κ3) is 6.08. The molecule has 1 atom stereocenters. The Balaban J connectivity index is 1.34. The zero-order valence-electron chi connectivity index (χ0n) is 19.4. The minimum absolute atomic E-state index is 0.0631. The van der Waals surface area contributed by atoms with Crippen molar-refractivity contribution in [3.05, 3.63) is 53.0 Å². The third-order valence-corrected chi connectivity index (χ3v) is 8.90. The molecule has 0 radical (unpaired) electrons. The van der Waals surface area contributed by atoms with Crippen LogP contribution in [0.3, 0.4) is 0 Å². The van der Waals surface area contributed by atoms with Gasteiger partial charge >= 0.3 is 0 Å². The molecule has 0 aliphatic carbocycles. The Hall–Kier alpha value is -2.09.